The average molecular weight is 273 g/mol. The Morgan fingerprint density at radius 3 is 2.72 bits per heavy atom. The number of ketones is 1. The molecule has 0 unspecified atom stereocenters. The molecule has 0 fully saturated rings. The van der Waals surface area contributed by atoms with E-state index in [2.05, 4.69) is 4.74 Å². The van der Waals surface area contributed by atoms with Crippen molar-refractivity contribution in [3.8, 4) is 0 Å². The lowest BCUT2D eigenvalue weighted by atomic mass is 10.1. The minimum absolute atomic E-state index is 0.0689. The topological polar surface area (TPSA) is 43.4 Å². The van der Waals surface area contributed by atoms with Crippen molar-refractivity contribution >= 4 is 23.4 Å². The van der Waals surface area contributed by atoms with Gasteiger partial charge in [0.05, 0.1) is 6.61 Å². The first-order valence-corrected chi connectivity index (χ1v) is 6.02. The Morgan fingerprint density at radius 1 is 1.39 bits per heavy atom. The van der Waals surface area contributed by atoms with Crippen LogP contribution in [-0.4, -0.2) is 18.4 Å². The minimum atomic E-state index is -0.554. The number of rotatable bonds is 6. The normalized spacial score (nSPS) is 10.2. The van der Waals surface area contributed by atoms with Gasteiger partial charge in [0.2, 0.25) is 0 Å². The maximum Gasteiger partial charge on any atom is 0.313 e. The number of carbonyl (C=O) groups excluding carboxylic acids is 2. The third-order valence-electron chi connectivity index (χ3n) is 2.36. The summed E-state index contributed by atoms with van der Waals surface area (Å²) >= 11 is 5.83. The Hall–Kier alpha value is -1.42. The molecule has 1 aromatic carbocycles. The highest BCUT2D eigenvalue weighted by Crippen LogP contribution is 2.20. The van der Waals surface area contributed by atoms with E-state index in [-0.39, 0.29) is 31.7 Å². The summed E-state index contributed by atoms with van der Waals surface area (Å²) in [6.07, 6.45) is -0.0247. The minimum Gasteiger partial charge on any atom is -0.466 e. The van der Waals surface area contributed by atoms with Crippen LogP contribution in [0.2, 0.25) is 5.02 Å². The Bertz CT molecular complexity index is 426. The first-order chi connectivity index (χ1) is 8.54. The van der Waals surface area contributed by atoms with Gasteiger partial charge in [-0.3, -0.25) is 9.59 Å². The maximum atomic E-state index is 13.4. The first-order valence-electron chi connectivity index (χ1n) is 5.64. The Labute approximate surface area is 110 Å². The number of hydrogen-bond acceptors (Lipinski definition) is 3. The Morgan fingerprint density at radius 2 is 2.11 bits per heavy atom. The highest BCUT2D eigenvalue weighted by atomic mass is 35.5. The third kappa shape index (κ3) is 4.45. The van der Waals surface area contributed by atoms with Gasteiger partial charge in [0, 0.05) is 17.0 Å². The summed E-state index contributed by atoms with van der Waals surface area (Å²) in [5.74, 6) is -1.28. The summed E-state index contributed by atoms with van der Waals surface area (Å²) in [6.45, 7) is 1.91. The molecule has 0 aliphatic heterocycles. The van der Waals surface area contributed by atoms with Crippen molar-refractivity contribution in [2.24, 2.45) is 0 Å². The second-order valence-corrected chi connectivity index (χ2v) is 4.13. The molecular weight excluding hydrogens is 259 g/mol. The molecule has 3 nitrogen and oxygen atoms in total. The van der Waals surface area contributed by atoms with Gasteiger partial charge in [0.1, 0.15) is 18.0 Å². The molecule has 0 aliphatic rings. The van der Waals surface area contributed by atoms with E-state index in [9.17, 15) is 14.0 Å². The molecule has 0 aliphatic carbocycles. The molecule has 1 aromatic rings. The van der Waals surface area contributed by atoms with Crippen molar-refractivity contribution in [1.82, 2.24) is 0 Å². The molecule has 0 spiro atoms. The zero-order valence-corrected chi connectivity index (χ0v) is 10.8. The van der Waals surface area contributed by atoms with Gasteiger partial charge >= 0.3 is 5.97 Å². The second kappa shape index (κ2) is 7.11. The molecule has 0 saturated carbocycles. The van der Waals surface area contributed by atoms with E-state index >= 15 is 0 Å². The fourth-order valence-electron chi connectivity index (χ4n) is 1.50. The SMILES string of the molecule is CCOC(=O)CC(=O)CCc1c(F)cccc1Cl. The van der Waals surface area contributed by atoms with E-state index in [1.54, 1.807) is 13.0 Å². The molecule has 0 radical (unpaired) electrons. The zero-order chi connectivity index (χ0) is 13.5. The molecule has 98 valence electrons. The maximum absolute atomic E-state index is 13.4. The standard InChI is InChI=1S/C13H14ClFO3/c1-2-18-13(17)8-9(16)6-7-10-11(14)4-3-5-12(10)15/h3-5H,2,6-8H2,1H3. The summed E-state index contributed by atoms with van der Waals surface area (Å²) in [5.41, 5.74) is 0.302. The fourth-order valence-corrected chi connectivity index (χ4v) is 1.75. The quantitative estimate of drug-likeness (QED) is 0.591. The van der Waals surface area contributed by atoms with E-state index in [4.69, 9.17) is 11.6 Å². The van der Waals surface area contributed by atoms with Gasteiger partial charge in [0.15, 0.2) is 0 Å². The molecule has 0 bridgehead atoms. The number of benzene rings is 1. The van der Waals surface area contributed by atoms with Crippen LogP contribution in [0.15, 0.2) is 18.2 Å². The van der Waals surface area contributed by atoms with Gasteiger partial charge in [-0.25, -0.2) is 4.39 Å². The molecule has 0 atom stereocenters. The van der Waals surface area contributed by atoms with E-state index in [0.717, 1.165) is 0 Å². The highest BCUT2D eigenvalue weighted by Gasteiger charge is 2.13. The van der Waals surface area contributed by atoms with Crippen LogP contribution < -0.4 is 0 Å². The van der Waals surface area contributed by atoms with Gasteiger partial charge in [-0.15, -0.1) is 0 Å². The van der Waals surface area contributed by atoms with Crippen LogP contribution in [0.1, 0.15) is 25.3 Å². The predicted octanol–water partition coefficient (Wildman–Crippen LogP) is 2.93. The van der Waals surface area contributed by atoms with Crippen molar-refractivity contribution in [3.63, 3.8) is 0 Å². The Kier molecular flexibility index (Phi) is 5.78. The van der Waals surface area contributed by atoms with Crippen molar-refractivity contribution in [3.05, 3.63) is 34.6 Å². The fraction of sp³-hybridized carbons (Fsp3) is 0.385. The summed E-state index contributed by atoms with van der Waals surface area (Å²) in [5, 5.41) is 0.291. The molecule has 0 heterocycles. The van der Waals surface area contributed by atoms with Crippen LogP contribution >= 0.6 is 11.6 Å². The lowest BCUT2D eigenvalue weighted by Gasteiger charge is -2.05. The number of ether oxygens (including phenoxy) is 1. The van der Waals surface area contributed by atoms with Crippen LogP contribution in [0, 0.1) is 5.82 Å². The van der Waals surface area contributed by atoms with E-state index in [1.807, 2.05) is 0 Å². The lowest BCUT2D eigenvalue weighted by Crippen LogP contribution is -2.12. The molecule has 18 heavy (non-hydrogen) atoms. The number of hydrogen-bond donors (Lipinski definition) is 0. The summed E-state index contributed by atoms with van der Waals surface area (Å²) < 4.78 is 18.0. The summed E-state index contributed by atoms with van der Waals surface area (Å²) in [7, 11) is 0. The van der Waals surface area contributed by atoms with Crippen molar-refractivity contribution in [2.75, 3.05) is 6.61 Å². The zero-order valence-electron chi connectivity index (χ0n) is 10.0. The smallest absolute Gasteiger partial charge is 0.313 e. The van der Waals surface area contributed by atoms with Gasteiger partial charge in [0.25, 0.3) is 0 Å². The average Bonchev–Trinajstić information content (AvgIpc) is 2.28. The van der Waals surface area contributed by atoms with Crippen molar-refractivity contribution in [2.45, 2.75) is 26.2 Å². The highest BCUT2D eigenvalue weighted by molar-refractivity contribution is 6.31. The third-order valence-corrected chi connectivity index (χ3v) is 2.72. The Balaban J connectivity index is 2.50. The van der Waals surface area contributed by atoms with Crippen molar-refractivity contribution in [1.29, 1.82) is 0 Å². The monoisotopic (exact) mass is 272 g/mol. The number of halogens is 2. The van der Waals surface area contributed by atoms with Crippen LogP contribution in [0.25, 0.3) is 0 Å². The second-order valence-electron chi connectivity index (χ2n) is 3.72. The number of carbonyl (C=O) groups is 2. The van der Waals surface area contributed by atoms with Gasteiger partial charge < -0.3 is 4.74 Å². The molecule has 5 heteroatoms. The van der Waals surface area contributed by atoms with Crippen LogP contribution in [0.3, 0.4) is 0 Å². The van der Waals surface area contributed by atoms with E-state index in [0.29, 0.717) is 10.6 Å². The van der Waals surface area contributed by atoms with Gasteiger partial charge in [-0.2, -0.15) is 0 Å². The summed E-state index contributed by atoms with van der Waals surface area (Å²) in [6, 6.07) is 4.36. The number of esters is 1. The largest absolute Gasteiger partial charge is 0.466 e. The molecule has 0 aromatic heterocycles. The number of Topliss-reactive ketones (excluding diaryl/α,β-unsaturated/α-hetero) is 1. The van der Waals surface area contributed by atoms with Crippen LogP contribution in [0.5, 0.6) is 0 Å². The van der Waals surface area contributed by atoms with Crippen LogP contribution in [0.4, 0.5) is 4.39 Å². The van der Waals surface area contributed by atoms with Crippen molar-refractivity contribution < 1.29 is 18.7 Å². The van der Waals surface area contributed by atoms with Gasteiger partial charge in [-0.1, -0.05) is 17.7 Å². The van der Waals surface area contributed by atoms with Gasteiger partial charge in [-0.05, 0) is 25.5 Å². The molecule has 1 rings (SSSR count). The van der Waals surface area contributed by atoms with E-state index < -0.39 is 11.8 Å². The van der Waals surface area contributed by atoms with Crippen LogP contribution in [-0.2, 0) is 20.7 Å². The molecule has 0 amide bonds. The molecule has 0 N–H and O–H groups in total. The molecular formula is C13H14ClFO3. The first kappa shape index (κ1) is 14.6. The molecule has 0 saturated heterocycles. The van der Waals surface area contributed by atoms with E-state index in [1.165, 1.54) is 12.1 Å². The summed E-state index contributed by atoms with van der Waals surface area (Å²) in [4.78, 5) is 22.5. The predicted molar refractivity (Wildman–Crippen MR) is 66.0 cm³/mol. The lowest BCUT2D eigenvalue weighted by molar-refractivity contribution is -0.145.